The number of cyclic esters (lactones) is 1. The Morgan fingerprint density at radius 3 is 2.53 bits per heavy atom. The second-order valence-corrected chi connectivity index (χ2v) is 12.3. The van der Waals surface area contributed by atoms with E-state index in [0.29, 0.717) is 12.8 Å². The van der Waals surface area contributed by atoms with Gasteiger partial charge in [0, 0.05) is 28.4 Å². The van der Waals surface area contributed by atoms with Crippen molar-refractivity contribution in [3.63, 3.8) is 0 Å². The highest BCUT2D eigenvalue weighted by Gasteiger charge is 2.44. The number of nitrogens with one attached hydrogen (secondary N) is 1. The van der Waals surface area contributed by atoms with E-state index in [1.165, 1.54) is 22.7 Å². The highest BCUT2D eigenvalue weighted by molar-refractivity contribution is 8.04. The van der Waals surface area contributed by atoms with E-state index in [1.807, 2.05) is 51.2 Å². The van der Waals surface area contributed by atoms with Crippen LogP contribution in [0.2, 0.25) is 0 Å². The molecule has 192 valence electrons. The predicted octanol–water partition coefficient (Wildman–Crippen LogP) is 7.10. The lowest BCUT2D eigenvalue weighted by molar-refractivity contribution is -0.164. The number of fused-ring (bicyclic) bond motifs is 1. The van der Waals surface area contributed by atoms with Gasteiger partial charge in [0.25, 0.3) is 0 Å². The number of hydrogen-bond acceptors (Lipinski definition) is 5. The van der Waals surface area contributed by atoms with Crippen molar-refractivity contribution in [2.45, 2.75) is 83.3 Å². The Labute approximate surface area is 218 Å². The van der Waals surface area contributed by atoms with Crippen molar-refractivity contribution in [1.82, 2.24) is 4.98 Å². The van der Waals surface area contributed by atoms with Crippen LogP contribution in [-0.2, 0) is 28.0 Å². The molecule has 0 fully saturated rings. The van der Waals surface area contributed by atoms with Gasteiger partial charge in [-0.05, 0) is 65.5 Å². The van der Waals surface area contributed by atoms with E-state index in [1.54, 1.807) is 0 Å². The molecule has 3 aromatic rings. The van der Waals surface area contributed by atoms with Crippen molar-refractivity contribution in [2.75, 3.05) is 0 Å². The summed E-state index contributed by atoms with van der Waals surface area (Å²) in [6.07, 6.45) is 3.67. The largest absolute Gasteiger partial charge is 0.511 e. The predicted molar refractivity (Wildman–Crippen MR) is 146 cm³/mol. The molecular formula is C30H37NO4S. The smallest absolute Gasteiger partial charge is 0.349 e. The molecule has 1 aliphatic heterocycles. The molecule has 2 aromatic carbocycles. The van der Waals surface area contributed by atoms with Gasteiger partial charge in [-0.15, -0.1) is 0 Å². The van der Waals surface area contributed by atoms with Crippen LogP contribution < -0.4 is 0 Å². The normalized spacial score (nSPS) is 18.8. The molecule has 0 saturated heterocycles. The maximum absolute atomic E-state index is 13.4. The number of esters is 1. The van der Waals surface area contributed by atoms with Crippen LogP contribution in [0.1, 0.15) is 69.7 Å². The van der Waals surface area contributed by atoms with Gasteiger partial charge in [0.1, 0.15) is 16.3 Å². The number of aliphatic hydroxyl groups excluding tert-OH is 2. The number of H-pyrrole nitrogens is 1. The number of aromatic nitrogens is 1. The molecular weight excluding hydrogens is 470 g/mol. The van der Waals surface area contributed by atoms with Gasteiger partial charge in [0.2, 0.25) is 0 Å². The van der Waals surface area contributed by atoms with Crippen LogP contribution in [-0.4, -0.2) is 26.8 Å². The Hall–Kier alpha value is -2.70. The van der Waals surface area contributed by atoms with Gasteiger partial charge in [-0.2, -0.15) is 0 Å². The van der Waals surface area contributed by atoms with Gasteiger partial charge in [-0.1, -0.05) is 70.6 Å². The molecule has 0 saturated carbocycles. The molecule has 1 aliphatic rings. The van der Waals surface area contributed by atoms with Crippen LogP contribution in [0.4, 0.5) is 0 Å². The fourth-order valence-electron chi connectivity index (χ4n) is 4.96. The van der Waals surface area contributed by atoms with E-state index in [4.69, 9.17) is 4.74 Å². The molecule has 0 aliphatic carbocycles. The third kappa shape index (κ3) is 5.07. The number of aliphatic hydroxyl groups is 2. The molecule has 0 amide bonds. The second kappa shape index (κ2) is 9.98. The SMILES string of the molecule is Cc1cc(SC2=C(O)CC(CCc3c[nH]c4ccccc34)(C(C)C)OC2=O)c(C(C)(C)C)cc1CO. The third-order valence-corrected chi connectivity index (χ3v) is 8.55. The first-order valence-corrected chi connectivity index (χ1v) is 13.4. The van der Waals surface area contributed by atoms with Crippen molar-refractivity contribution < 1.29 is 19.7 Å². The summed E-state index contributed by atoms with van der Waals surface area (Å²) >= 11 is 1.27. The average molecular weight is 508 g/mol. The first-order valence-electron chi connectivity index (χ1n) is 12.6. The second-order valence-electron chi connectivity index (χ2n) is 11.2. The molecule has 1 unspecified atom stereocenters. The number of carbonyl (C=O) groups excluding carboxylic acids is 1. The first-order chi connectivity index (χ1) is 16.9. The van der Waals surface area contributed by atoms with Gasteiger partial charge in [-0.25, -0.2) is 4.79 Å². The highest BCUT2D eigenvalue weighted by Crippen LogP contribution is 2.45. The molecule has 0 spiro atoms. The Bertz CT molecular complexity index is 1310. The summed E-state index contributed by atoms with van der Waals surface area (Å²) in [6, 6.07) is 12.2. The fourth-order valence-corrected chi connectivity index (χ4v) is 6.21. The number of benzene rings is 2. The van der Waals surface area contributed by atoms with Crippen molar-refractivity contribution in [3.8, 4) is 0 Å². The van der Waals surface area contributed by atoms with Gasteiger partial charge < -0.3 is 19.9 Å². The summed E-state index contributed by atoms with van der Waals surface area (Å²) in [6.45, 7) is 12.3. The molecule has 4 rings (SSSR count). The lowest BCUT2D eigenvalue weighted by Crippen LogP contribution is -2.44. The van der Waals surface area contributed by atoms with E-state index in [0.717, 1.165) is 33.5 Å². The van der Waals surface area contributed by atoms with Crippen molar-refractivity contribution >= 4 is 28.6 Å². The van der Waals surface area contributed by atoms with E-state index in [9.17, 15) is 15.0 Å². The third-order valence-electron chi connectivity index (χ3n) is 7.38. The van der Waals surface area contributed by atoms with Crippen molar-refractivity contribution in [2.24, 2.45) is 5.92 Å². The molecule has 6 heteroatoms. The zero-order valence-electron chi connectivity index (χ0n) is 22.1. The van der Waals surface area contributed by atoms with E-state index in [-0.39, 0.29) is 28.6 Å². The van der Waals surface area contributed by atoms with E-state index in [2.05, 4.69) is 37.9 Å². The highest BCUT2D eigenvalue weighted by atomic mass is 32.2. The Morgan fingerprint density at radius 2 is 1.89 bits per heavy atom. The summed E-state index contributed by atoms with van der Waals surface area (Å²) < 4.78 is 6.17. The quantitative estimate of drug-likeness (QED) is 0.297. The molecule has 1 atom stereocenters. The number of carbonyl (C=O) groups is 1. The molecule has 1 aromatic heterocycles. The number of aromatic amines is 1. The minimum atomic E-state index is -0.771. The first kappa shape index (κ1) is 26.4. The maximum atomic E-state index is 13.4. The fraction of sp³-hybridized carbons (Fsp3) is 0.433. The van der Waals surface area contributed by atoms with Crippen LogP contribution in [0.15, 0.2) is 58.2 Å². The Balaban J connectivity index is 1.63. The Morgan fingerprint density at radius 1 is 1.17 bits per heavy atom. The van der Waals surface area contributed by atoms with Crippen LogP contribution in [0, 0.1) is 12.8 Å². The Kier molecular flexibility index (Phi) is 7.31. The molecule has 36 heavy (non-hydrogen) atoms. The minimum absolute atomic E-state index is 0.0385. The number of hydrogen-bond donors (Lipinski definition) is 3. The maximum Gasteiger partial charge on any atom is 0.349 e. The molecule has 0 bridgehead atoms. The van der Waals surface area contributed by atoms with Gasteiger partial charge in [-0.3, -0.25) is 0 Å². The standard InChI is InChI=1S/C30H37NO4S/c1-18(2)30(12-11-20-16-31-24-10-8-7-9-22(20)24)15-25(33)27(28(34)35-30)36-26-13-19(3)21(17-32)14-23(26)29(4,5)6/h7-10,13-14,16,18,31-33H,11-12,15,17H2,1-6H3. The van der Waals surface area contributed by atoms with Gasteiger partial charge >= 0.3 is 5.97 Å². The monoisotopic (exact) mass is 507 g/mol. The van der Waals surface area contributed by atoms with Gasteiger partial charge in [0.15, 0.2) is 0 Å². The van der Waals surface area contributed by atoms with Crippen molar-refractivity contribution in [1.29, 1.82) is 0 Å². The summed E-state index contributed by atoms with van der Waals surface area (Å²) in [4.78, 5) is 17.8. The van der Waals surface area contributed by atoms with Crippen LogP contribution in [0.3, 0.4) is 0 Å². The van der Waals surface area contributed by atoms with E-state index >= 15 is 0 Å². The number of para-hydroxylation sites is 1. The zero-order valence-corrected chi connectivity index (χ0v) is 22.9. The molecule has 0 radical (unpaired) electrons. The minimum Gasteiger partial charge on any atom is -0.511 e. The van der Waals surface area contributed by atoms with Crippen LogP contribution in [0.25, 0.3) is 10.9 Å². The van der Waals surface area contributed by atoms with Gasteiger partial charge in [0.05, 0.1) is 6.61 Å². The van der Waals surface area contributed by atoms with Crippen LogP contribution >= 0.6 is 11.8 Å². The lowest BCUT2D eigenvalue weighted by Gasteiger charge is -2.40. The summed E-state index contributed by atoms with van der Waals surface area (Å²) in [5, 5.41) is 22.1. The lowest BCUT2D eigenvalue weighted by atomic mass is 9.80. The number of ether oxygens (including phenoxy) is 1. The van der Waals surface area contributed by atoms with Crippen LogP contribution in [0.5, 0.6) is 0 Å². The summed E-state index contributed by atoms with van der Waals surface area (Å²) in [5.74, 6) is -0.343. The number of rotatable bonds is 7. The van der Waals surface area contributed by atoms with E-state index < -0.39 is 11.6 Å². The van der Waals surface area contributed by atoms with Crippen molar-refractivity contribution in [3.05, 3.63) is 75.5 Å². The number of aryl methyl sites for hydroxylation is 2. The molecule has 5 nitrogen and oxygen atoms in total. The zero-order chi connectivity index (χ0) is 26.3. The molecule has 3 N–H and O–H groups in total. The summed E-state index contributed by atoms with van der Waals surface area (Å²) in [5.41, 5.74) is 4.14. The average Bonchev–Trinajstić information content (AvgIpc) is 3.22. The topological polar surface area (TPSA) is 82.5 Å². The molecule has 2 heterocycles. The summed E-state index contributed by atoms with van der Waals surface area (Å²) in [7, 11) is 0. The number of thioether (sulfide) groups is 1.